The molecule has 1 saturated heterocycles. The van der Waals surface area contributed by atoms with Gasteiger partial charge in [0.2, 0.25) is 5.89 Å². The van der Waals surface area contributed by atoms with Crippen LogP contribution in [0.3, 0.4) is 0 Å². The van der Waals surface area contributed by atoms with Crippen molar-refractivity contribution < 1.29 is 9.15 Å². The molecular formula is C22H34N6O2. The van der Waals surface area contributed by atoms with E-state index in [-0.39, 0.29) is 0 Å². The first-order valence-corrected chi connectivity index (χ1v) is 10.6. The van der Waals surface area contributed by atoms with Crippen LogP contribution in [0.1, 0.15) is 23.8 Å². The Hall–Kier alpha value is -2.74. The molecule has 3 rings (SSSR count). The van der Waals surface area contributed by atoms with Crippen molar-refractivity contribution in [3.05, 3.63) is 41.6 Å². The molecule has 8 heteroatoms. The fourth-order valence-corrected chi connectivity index (χ4v) is 3.53. The number of anilines is 1. The lowest BCUT2D eigenvalue weighted by molar-refractivity contribution is 0.255. The number of aromatic nitrogens is 1. The van der Waals surface area contributed by atoms with Crippen LogP contribution in [0.2, 0.25) is 0 Å². The number of benzene rings is 1. The Labute approximate surface area is 179 Å². The maximum absolute atomic E-state index is 5.59. The molecule has 0 aliphatic carbocycles. The van der Waals surface area contributed by atoms with Crippen molar-refractivity contribution in [2.45, 2.75) is 26.8 Å². The van der Waals surface area contributed by atoms with Gasteiger partial charge < -0.3 is 24.7 Å². The van der Waals surface area contributed by atoms with Gasteiger partial charge in [-0.3, -0.25) is 9.89 Å². The van der Waals surface area contributed by atoms with Crippen LogP contribution in [-0.2, 0) is 6.54 Å². The first kappa shape index (κ1) is 22.0. The third-order valence-electron chi connectivity index (χ3n) is 5.46. The number of ether oxygens (including phenoxy) is 1. The van der Waals surface area contributed by atoms with Crippen LogP contribution in [-0.4, -0.2) is 69.3 Å². The van der Waals surface area contributed by atoms with Crippen molar-refractivity contribution in [1.29, 1.82) is 0 Å². The Morgan fingerprint density at radius 3 is 2.47 bits per heavy atom. The lowest BCUT2D eigenvalue weighted by atomic mass is 10.2. The van der Waals surface area contributed by atoms with Gasteiger partial charge in [0.15, 0.2) is 5.96 Å². The number of rotatable bonds is 8. The van der Waals surface area contributed by atoms with Crippen LogP contribution >= 0.6 is 0 Å². The van der Waals surface area contributed by atoms with E-state index in [9.17, 15) is 0 Å². The largest absolute Gasteiger partial charge is 0.497 e. The molecule has 0 saturated carbocycles. The zero-order chi connectivity index (χ0) is 21.3. The molecule has 1 aliphatic heterocycles. The number of nitrogens with zero attached hydrogens (tertiary/aromatic N) is 4. The Balaban J connectivity index is 1.31. The molecule has 2 heterocycles. The van der Waals surface area contributed by atoms with Crippen molar-refractivity contribution >= 4 is 11.6 Å². The molecule has 2 aromatic rings. The van der Waals surface area contributed by atoms with Gasteiger partial charge in [0, 0.05) is 45.5 Å². The van der Waals surface area contributed by atoms with E-state index in [1.54, 1.807) is 14.2 Å². The second-order valence-electron chi connectivity index (χ2n) is 7.48. The SMILES string of the molecule is CN=C(NCCCN1CCN(c2ccc(OC)cc2)CC1)NCc1nc(C)c(C)o1. The quantitative estimate of drug-likeness (QED) is 0.389. The highest BCUT2D eigenvalue weighted by Gasteiger charge is 2.16. The molecular weight excluding hydrogens is 380 g/mol. The second kappa shape index (κ2) is 10.9. The van der Waals surface area contributed by atoms with E-state index in [4.69, 9.17) is 9.15 Å². The van der Waals surface area contributed by atoms with Crippen molar-refractivity contribution in [3.8, 4) is 5.75 Å². The average molecular weight is 415 g/mol. The molecule has 2 N–H and O–H groups in total. The lowest BCUT2D eigenvalue weighted by Crippen LogP contribution is -2.47. The minimum Gasteiger partial charge on any atom is -0.497 e. The smallest absolute Gasteiger partial charge is 0.214 e. The minimum atomic E-state index is 0.529. The zero-order valence-corrected chi connectivity index (χ0v) is 18.6. The Morgan fingerprint density at radius 1 is 1.13 bits per heavy atom. The van der Waals surface area contributed by atoms with Gasteiger partial charge in [-0.05, 0) is 51.1 Å². The van der Waals surface area contributed by atoms with Crippen LogP contribution in [0.4, 0.5) is 5.69 Å². The fraction of sp³-hybridized carbons (Fsp3) is 0.545. The zero-order valence-electron chi connectivity index (χ0n) is 18.6. The average Bonchev–Trinajstić information content (AvgIpc) is 3.11. The summed E-state index contributed by atoms with van der Waals surface area (Å²) in [4.78, 5) is 13.6. The number of methoxy groups -OCH3 is 1. The molecule has 8 nitrogen and oxygen atoms in total. The van der Waals surface area contributed by atoms with Gasteiger partial charge in [-0.1, -0.05) is 0 Å². The summed E-state index contributed by atoms with van der Waals surface area (Å²) in [6.45, 7) is 10.6. The van der Waals surface area contributed by atoms with E-state index < -0.39 is 0 Å². The predicted molar refractivity (Wildman–Crippen MR) is 120 cm³/mol. The summed E-state index contributed by atoms with van der Waals surface area (Å²) in [6.07, 6.45) is 1.07. The maximum Gasteiger partial charge on any atom is 0.214 e. The Morgan fingerprint density at radius 2 is 1.87 bits per heavy atom. The van der Waals surface area contributed by atoms with Crippen molar-refractivity contribution in [1.82, 2.24) is 20.5 Å². The summed E-state index contributed by atoms with van der Waals surface area (Å²) < 4.78 is 10.8. The molecule has 0 spiro atoms. The molecule has 0 bridgehead atoms. The number of oxazole rings is 1. The number of aryl methyl sites for hydroxylation is 2. The summed E-state index contributed by atoms with van der Waals surface area (Å²) >= 11 is 0. The van der Waals surface area contributed by atoms with E-state index in [1.807, 2.05) is 26.0 Å². The normalized spacial score (nSPS) is 15.3. The topological polar surface area (TPSA) is 78.2 Å². The monoisotopic (exact) mass is 414 g/mol. The summed E-state index contributed by atoms with van der Waals surface area (Å²) in [5.74, 6) is 3.22. The highest BCUT2D eigenvalue weighted by molar-refractivity contribution is 5.79. The third kappa shape index (κ3) is 6.13. The number of hydrogen-bond acceptors (Lipinski definition) is 6. The summed E-state index contributed by atoms with van der Waals surface area (Å²) in [6, 6.07) is 8.33. The van der Waals surface area contributed by atoms with Gasteiger partial charge >= 0.3 is 0 Å². The number of aliphatic imine (C=N–C) groups is 1. The van der Waals surface area contributed by atoms with Crippen LogP contribution in [0.15, 0.2) is 33.7 Å². The summed E-state index contributed by atoms with van der Waals surface area (Å²) in [5.41, 5.74) is 2.20. The number of nitrogens with one attached hydrogen (secondary N) is 2. The predicted octanol–water partition coefficient (Wildman–Crippen LogP) is 2.18. The molecule has 1 aliphatic rings. The van der Waals surface area contributed by atoms with Gasteiger partial charge in [-0.15, -0.1) is 0 Å². The number of hydrogen-bond donors (Lipinski definition) is 2. The molecule has 1 fully saturated rings. The van der Waals surface area contributed by atoms with Gasteiger partial charge in [-0.2, -0.15) is 0 Å². The molecule has 1 aromatic heterocycles. The molecule has 30 heavy (non-hydrogen) atoms. The second-order valence-corrected chi connectivity index (χ2v) is 7.48. The van der Waals surface area contributed by atoms with Crippen LogP contribution in [0.25, 0.3) is 0 Å². The number of guanidine groups is 1. The van der Waals surface area contributed by atoms with Crippen LogP contribution < -0.4 is 20.3 Å². The van der Waals surface area contributed by atoms with Gasteiger partial charge in [0.05, 0.1) is 19.3 Å². The molecule has 0 amide bonds. The van der Waals surface area contributed by atoms with Gasteiger partial charge in [0.1, 0.15) is 11.5 Å². The Bertz CT molecular complexity index is 790. The molecule has 1 aromatic carbocycles. The van der Waals surface area contributed by atoms with Gasteiger partial charge in [0.25, 0.3) is 0 Å². The molecule has 0 radical (unpaired) electrons. The molecule has 164 valence electrons. The number of piperazine rings is 1. The first-order chi connectivity index (χ1) is 14.6. The summed E-state index contributed by atoms with van der Waals surface area (Å²) in [5, 5.41) is 6.62. The minimum absolute atomic E-state index is 0.529. The third-order valence-corrected chi connectivity index (χ3v) is 5.46. The van der Waals surface area contributed by atoms with Crippen LogP contribution in [0.5, 0.6) is 5.75 Å². The Kier molecular flexibility index (Phi) is 7.96. The van der Waals surface area contributed by atoms with E-state index >= 15 is 0 Å². The molecule has 0 atom stereocenters. The van der Waals surface area contributed by atoms with Crippen molar-refractivity contribution in [3.63, 3.8) is 0 Å². The van der Waals surface area contributed by atoms with E-state index in [0.29, 0.717) is 12.4 Å². The van der Waals surface area contributed by atoms with E-state index in [1.165, 1.54) is 5.69 Å². The van der Waals surface area contributed by atoms with Crippen LogP contribution in [0, 0.1) is 13.8 Å². The first-order valence-electron chi connectivity index (χ1n) is 10.6. The maximum atomic E-state index is 5.59. The van der Waals surface area contributed by atoms with E-state index in [0.717, 1.165) is 68.9 Å². The highest BCUT2D eigenvalue weighted by atomic mass is 16.5. The molecule has 0 unspecified atom stereocenters. The fourth-order valence-electron chi connectivity index (χ4n) is 3.53. The van der Waals surface area contributed by atoms with E-state index in [2.05, 4.69) is 42.5 Å². The van der Waals surface area contributed by atoms with Gasteiger partial charge in [-0.25, -0.2) is 4.98 Å². The lowest BCUT2D eigenvalue weighted by Gasteiger charge is -2.36. The standard InChI is InChI=1S/C22H34N6O2/c1-17-18(2)30-21(26-17)16-25-22(23-3)24-10-5-11-27-12-14-28(15-13-27)19-6-8-20(29-4)9-7-19/h6-9H,5,10-16H2,1-4H3,(H2,23,24,25). The van der Waals surface area contributed by atoms with Crippen molar-refractivity contribution in [2.24, 2.45) is 4.99 Å². The summed E-state index contributed by atoms with van der Waals surface area (Å²) in [7, 11) is 3.48. The van der Waals surface area contributed by atoms with Crippen molar-refractivity contribution in [2.75, 3.05) is 58.3 Å². The highest BCUT2D eigenvalue weighted by Crippen LogP contribution is 2.20.